The molecule has 8 nitrogen and oxygen atoms in total. The van der Waals surface area contributed by atoms with Crippen molar-refractivity contribution in [1.82, 2.24) is 24.4 Å². The number of piperazine rings is 1. The van der Waals surface area contributed by atoms with Gasteiger partial charge in [0.25, 0.3) is 0 Å². The highest BCUT2D eigenvalue weighted by molar-refractivity contribution is 8.76. The molecule has 228 valence electrons. The summed E-state index contributed by atoms with van der Waals surface area (Å²) in [6, 6.07) is 7.39. The Hall–Kier alpha value is -3.77. The van der Waals surface area contributed by atoms with Crippen LogP contribution in [-0.4, -0.2) is 55.5 Å². The second-order valence-electron chi connectivity index (χ2n) is 11.4. The monoisotopic (exact) mass is 634 g/mol. The number of rotatable bonds is 3. The van der Waals surface area contributed by atoms with Crippen molar-refractivity contribution in [3.05, 3.63) is 88.1 Å². The first-order valence-corrected chi connectivity index (χ1v) is 16.9. The summed E-state index contributed by atoms with van der Waals surface area (Å²) in [4.78, 5) is 44.3. The first kappa shape index (κ1) is 30.3. The van der Waals surface area contributed by atoms with Crippen LogP contribution in [0.5, 0.6) is 0 Å². The summed E-state index contributed by atoms with van der Waals surface area (Å²) in [6.45, 7) is 12.2. The van der Waals surface area contributed by atoms with Crippen molar-refractivity contribution in [1.29, 1.82) is 0 Å². The Labute approximate surface area is 262 Å². The third kappa shape index (κ3) is 5.17. The lowest BCUT2D eigenvalue weighted by Crippen LogP contribution is -2.58. The maximum Gasteiger partial charge on any atom is 0.355 e. The minimum Gasteiger partial charge on any atom is -0.349 e. The number of anilines is 1. The summed E-state index contributed by atoms with van der Waals surface area (Å²) in [5, 5.41) is 0.315. The molecule has 1 fully saturated rings. The third-order valence-corrected chi connectivity index (χ3v) is 10.4. The van der Waals surface area contributed by atoms with E-state index in [0.29, 0.717) is 46.9 Å². The van der Waals surface area contributed by atoms with Crippen LogP contribution in [0.15, 0.2) is 54.0 Å². The molecule has 6 rings (SSSR count). The second kappa shape index (κ2) is 12.0. The van der Waals surface area contributed by atoms with Crippen LogP contribution in [0, 0.1) is 11.6 Å². The average molecular weight is 635 g/mol. The summed E-state index contributed by atoms with van der Waals surface area (Å²) in [5.74, 6) is -0.287. The maximum absolute atomic E-state index is 16.2. The zero-order valence-corrected chi connectivity index (χ0v) is 26.5. The van der Waals surface area contributed by atoms with E-state index in [2.05, 4.69) is 16.5 Å². The van der Waals surface area contributed by atoms with E-state index < -0.39 is 17.3 Å². The summed E-state index contributed by atoms with van der Waals surface area (Å²) in [7, 11) is 3.10. The normalized spacial score (nSPS) is 18.5. The second-order valence-corrected chi connectivity index (χ2v) is 13.9. The predicted octanol–water partition coefficient (Wildman–Crippen LogP) is 6.25. The van der Waals surface area contributed by atoms with Crippen molar-refractivity contribution in [3.8, 4) is 16.9 Å². The predicted molar refractivity (Wildman–Crippen MR) is 173 cm³/mol. The van der Waals surface area contributed by atoms with E-state index in [1.807, 2.05) is 38.7 Å². The number of hydrogen-bond acceptors (Lipinski definition) is 8. The topological polar surface area (TPSA) is 84.2 Å². The minimum absolute atomic E-state index is 0.0495. The fourth-order valence-corrected chi connectivity index (χ4v) is 8.18. The molecule has 0 radical (unpaired) electrons. The van der Waals surface area contributed by atoms with Crippen molar-refractivity contribution in [3.63, 3.8) is 0 Å². The van der Waals surface area contributed by atoms with E-state index in [-0.39, 0.29) is 46.6 Å². The van der Waals surface area contributed by atoms with Crippen LogP contribution in [0.1, 0.15) is 50.4 Å². The number of carbonyl (C=O) groups excluding carboxylic acids is 1. The zero-order chi connectivity index (χ0) is 31.3. The number of nitrogens with zero attached hydrogens (tertiary/aromatic N) is 6. The van der Waals surface area contributed by atoms with Crippen molar-refractivity contribution in [2.45, 2.75) is 57.2 Å². The Morgan fingerprint density at radius 2 is 1.80 bits per heavy atom. The average Bonchev–Trinajstić information content (AvgIpc) is 2.99. The summed E-state index contributed by atoms with van der Waals surface area (Å²) in [6.07, 6.45) is 3.02. The molecule has 0 N–H and O–H groups in total. The molecule has 2 atom stereocenters. The van der Waals surface area contributed by atoms with Gasteiger partial charge in [0, 0.05) is 48.4 Å². The highest BCUT2D eigenvalue weighted by atomic mass is 33.1. The van der Waals surface area contributed by atoms with Gasteiger partial charge in [-0.05, 0) is 55.2 Å². The van der Waals surface area contributed by atoms with Crippen LogP contribution in [-0.2, 0) is 16.3 Å². The van der Waals surface area contributed by atoms with Crippen molar-refractivity contribution < 1.29 is 13.6 Å². The van der Waals surface area contributed by atoms with E-state index in [4.69, 9.17) is 4.98 Å². The summed E-state index contributed by atoms with van der Waals surface area (Å²) >= 11 is 0. The minimum atomic E-state index is -0.719. The first-order valence-electron chi connectivity index (χ1n) is 14.4. The van der Waals surface area contributed by atoms with Gasteiger partial charge in [-0.1, -0.05) is 54.1 Å². The highest BCUT2D eigenvalue weighted by Crippen LogP contribution is 2.40. The SMILES string of the molecule is C=CC(=O)N1C[C@H](C)N(c2nc(=O)n3c4nc(c(F)cc24)-c2c(F)cccc2CSSCc2ccnc(C(C)C)c2-3)C[C@H]1C. The highest BCUT2D eigenvalue weighted by Gasteiger charge is 2.34. The number of aromatic nitrogens is 4. The number of fused-ring (bicyclic) bond motifs is 5. The van der Waals surface area contributed by atoms with Gasteiger partial charge in [0.15, 0.2) is 5.65 Å². The van der Waals surface area contributed by atoms with E-state index >= 15 is 8.78 Å². The molecule has 2 aliphatic heterocycles. The maximum atomic E-state index is 16.2. The molecule has 1 amide bonds. The number of benzene rings is 1. The Morgan fingerprint density at radius 1 is 1.05 bits per heavy atom. The molecule has 2 bridgehead atoms. The van der Waals surface area contributed by atoms with Gasteiger partial charge in [-0.25, -0.2) is 23.1 Å². The number of amides is 1. The third-order valence-electron chi connectivity index (χ3n) is 8.17. The molecule has 44 heavy (non-hydrogen) atoms. The summed E-state index contributed by atoms with van der Waals surface area (Å²) in [5.41, 5.74) is 2.21. The van der Waals surface area contributed by atoms with Gasteiger partial charge in [0.05, 0.1) is 16.8 Å². The fraction of sp³-hybridized carbons (Fsp3) is 0.344. The fourth-order valence-electron chi connectivity index (χ4n) is 6.02. The zero-order valence-electron chi connectivity index (χ0n) is 24.9. The molecular weight excluding hydrogens is 603 g/mol. The quantitative estimate of drug-likeness (QED) is 0.193. The molecule has 0 aliphatic carbocycles. The van der Waals surface area contributed by atoms with Gasteiger partial charge < -0.3 is 9.80 Å². The van der Waals surface area contributed by atoms with Crippen LogP contribution in [0.3, 0.4) is 0 Å². The van der Waals surface area contributed by atoms with Gasteiger partial charge >= 0.3 is 5.69 Å². The van der Waals surface area contributed by atoms with Gasteiger partial charge in [-0.2, -0.15) is 4.98 Å². The van der Waals surface area contributed by atoms with E-state index in [9.17, 15) is 9.59 Å². The van der Waals surface area contributed by atoms with E-state index in [0.717, 1.165) is 5.56 Å². The standard InChI is InChI=1S/C32H32F2N6O2S2/c1-6-25(41)38-13-19(5)39(14-18(38)4)30-22-12-24(34)28-26-20(8-7-9-23(26)33)15-43-44-16-21-10-11-35-27(17(2)3)29(21)40(31(22)36-28)32(42)37-30/h6-12,17-19H,1,13-16H2,2-5H3/t18-,19+/m1/s1. The van der Waals surface area contributed by atoms with Crippen molar-refractivity contribution in [2.75, 3.05) is 18.0 Å². The van der Waals surface area contributed by atoms with Gasteiger partial charge in [0.2, 0.25) is 5.91 Å². The largest absolute Gasteiger partial charge is 0.355 e. The Kier molecular flexibility index (Phi) is 8.23. The van der Waals surface area contributed by atoms with Gasteiger partial charge in [-0.3, -0.25) is 9.78 Å². The van der Waals surface area contributed by atoms with E-state index in [1.54, 1.807) is 34.0 Å². The summed E-state index contributed by atoms with van der Waals surface area (Å²) < 4.78 is 33.1. The molecule has 0 saturated carbocycles. The molecule has 3 aromatic heterocycles. The van der Waals surface area contributed by atoms with Crippen LogP contribution in [0.2, 0.25) is 0 Å². The van der Waals surface area contributed by atoms with Crippen LogP contribution in [0.4, 0.5) is 14.6 Å². The molecular formula is C32H32F2N6O2S2. The lowest BCUT2D eigenvalue weighted by Gasteiger charge is -2.44. The Balaban J connectivity index is 1.69. The molecule has 4 aromatic rings. The molecule has 0 unspecified atom stereocenters. The molecule has 12 heteroatoms. The van der Waals surface area contributed by atoms with Crippen molar-refractivity contribution >= 4 is 44.3 Å². The number of hydrogen-bond donors (Lipinski definition) is 0. The van der Waals surface area contributed by atoms with Crippen LogP contribution >= 0.6 is 21.6 Å². The first-order chi connectivity index (χ1) is 21.1. The van der Waals surface area contributed by atoms with Gasteiger partial charge in [0.1, 0.15) is 23.1 Å². The number of pyridine rings is 2. The lowest BCUT2D eigenvalue weighted by atomic mass is 10.0. The molecule has 0 spiro atoms. The molecule has 1 saturated heterocycles. The molecule has 5 heterocycles. The van der Waals surface area contributed by atoms with Crippen LogP contribution in [0.25, 0.3) is 28.0 Å². The smallest absolute Gasteiger partial charge is 0.349 e. The van der Waals surface area contributed by atoms with Gasteiger partial charge in [-0.15, -0.1) is 0 Å². The molecule has 1 aromatic carbocycles. The van der Waals surface area contributed by atoms with Crippen LogP contribution < -0.4 is 10.6 Å². The van der Waals surface area contributed by atoms with Crippen molar-refractivity contribution in [2.24, 2.45) is 0 Å². The Morgan fingerprint density at radius 3 is 2.52 bits per heavy atom. The molecule has 2 aliphatic rings. The van der Waals surface area contributed by atoms with E-state index in [1.165, 1.54) is 33.6 Å². The number of carbonyl (C=O) groups is 1. The number of halogens is 2. The lowest BCUT2D eigenvalue weighted by molar-refractivity contribution is -0.128. The Bertz CT molecular complexity index is 1860.